The minimum atomic E-state index is 0.0691. The van der Waals surface area contributed by atoms with E-state index in [-0.39, 0.29) is 6.29 Å². The van der Waals surface area contributed by atoms with E-state index >= 15 is 0 Å². The Bertz CT molecular complexity index is 301. The second-order valence-corrected chi connectivity index (χ2v) is 5.78. The predicted octanol–water partition coefficient (Wildman–Crippen LogP) is 2.97. The summed E-state index contributed by atoms with van der Waals surface area (Å²) in [4.78, 5) is 0. The second kappa shape index (κ2) is 5.00. The van der Waals surface area contributed by atoms with Crippen molar-refractivity contribution in [1.29, 1.82) is 0 Å². The standard InChI is InChI=1S/C15H22O2/c1-2-5-12-11-7-8-13(12)14(10-11)17-15-6-3-4-9-16-15/h1,11-15H,3-10H2/t11-,12+,13-,14-,15?/m0/s1. The Hall–Kier alpha value is -0.520. The minimum Gasteiger partial charge on any atom is -0.353 e. The number of rotatable bonds is 3. The van der Waals surface area contributed by atoms with Crippen molar-refractivity contribution in [2.45, 2.75) is 57.3 Å². The Balaban J connectivity index is 1.57. The van der Waals surface area contributed by atoms with Gasteiger partial charge >= 0.3 is 0 Å². The predicted molar refractivity (Wildman–Crippen MR) is 66.2 cm³/mol. The molecule has 0 radical (unpaired) electrons. The highest BCUT2D eigenvalue weighted by molar-refractivity contribution is 5.02. The van der Waals surface area contributed by atoms with Crippen LogP contribution in [0.4, 0.5) is 0 Å². The van der Waals surface area contributed by atoms with E-state index in [1.165, 1.54) is 32.1 Å². The third-order valence-corrected chi connectivity index (χ3v) is 4.86. The summed E-state index contributed by atoms with van der Waals surface area (Å²) in [6.45, 7) is 0.874. The van der Waals surface area contributed by atoms with Gasteiger partial charge in [0.05, 0.1) is 6.10 Å². The van der Waals surface area contributed by atoms with Gasteiger partial charge in [-0.15, -0.1) is 12.3 Å². The number of ether oxygens (including phenoxy) is 2. The molecule has 1 heterocycles. The third kappa shape index (κ3) is 2.23. The summed E-state index contributed by atoms with van der Waals surface area (Å²) in [7, 11) is 0. The Morgan fingerprint density at radius 3 is 2.94 bits per heavy atom. The molecule has 17 heavy (non-hydrogen) atoms. The number of fused-ring (bicyclic) bond motifs is 2. The van der Waals surface area contributed by atoms with Crippen molar-refractivity contribution in [3.8, 4) is 12.3 Å². The molecule has 0 N–H and O–H groups in total. The highest BCUT2D eigenvalue weighted by atomic mass is 16.7. The lowest BCUT2D eigenvalue weighted by Crippen LogP contribution is -2.31. The molecule has 94 valence electrons. The summed E-state index contributed by atoms with van der Waals surface area (Å²) in [5, 5.41) is 0. The van der Waals surface area contributed by atoms with Gasteiger partial charge in [0, 0.05) is 13.0 Å². The van der Waals surface area contributed by atoms with E-state index in [1.807, 2.05) is 0 Å². The van der Waals surface area contributed by atoms with E-state index in [2.05, 4.69) is 5.92 Å². The fraction of sp³-hybridized carbons (Fsp3) is 0.867. The first-order chi connectivity index (χ1) is 8.38. The molecule has 5 atom stereocenters. The van der Waals surface area contributed by atoms with Crippen LogP contribution < -0.4 is 0 Å². The lowest BCUT2D eigenvalue weighted by Gasteiger charge is -2.30. The Kier molecular flexibility index (Phi) is 3.40. The molecule has 3 fully saturated rings. The molecule has 3 aliphatic rings. The average molecular weight is 234 g/mol. The zero-order chi connectivity index (χ0) is 11.7. The molecule has 2 saturated carbocycles. The molecule has 0 aromatic carbocycles. The highest BCUT2D eigenvalue weighted by Gasteiger charge is 2.48. The van der Waals surface area contributed by atoms with Crippen LogP contribution in [0.1, 0.15) is 44.9 Å². The number of terminal acetylenes is 1. The van der Waals surface area contributed by atoms with Crippen LogP contribution in [0.3, 0.4) is 0 Å². The number of hydrogen-bond donors (Lipinski definition) is 0. The third-order valence-electron chi connectivity index (χ3n) is 4.86. The Labute approximate surface area is 104 Å². The first kappa shape index (κ1) is 11.6. The maximum atomic E-state index is 6.17. The van der Waals surface area contributed by atoms with Gasteiger partial charge < -0.3 is 9.47 Å². The van der Waals surface area contributed by atoms with Gasteiger partial charge in [-0.05, 0) is 56.3 Å². The quantitative estimate of drug-likeness (QED) is 0.699. The molecule has 1 saturated heterocycles. The van der Waals surface area contributed by atoms with E-state index in [1.54, 1.807) is 0 Å². The first-order valence-corrected chi connectivity index (χ1v) is 7.09. The van der Waals surface area contributed by atoms with E-state index in [9.17, 15) is 0 Å². The Morgan fingerprint density at radius 2 is 2.18 bits per heavy atom. The molecule has 0 aromatic rings. The SMILES string of the molecule is C#CC[C@@H]1[C@H]2CC[C@@H]1[C@@H](OC1CCCCO1)C2. The van der Waals surface area contributed by atoms with Gasteiger partial charge in [0.2, 0.25) is 0 Å². The van der Waals surface area contributed by atoms with Gasteiger partial charge in [-0.1, -0.05) is 0 Å². The molecule has 0 spiro atoms. The molecule has 2 heteroatoms. The van der Waals surface area contributed by atoms with Crippen molar-refractivity contribution < 1.29 is 9.47 Å². The van der Waals surface area contributed by atoms with Gasteiger partial charge in [-0.3, -0.25) is 0 Å². The van der Waals surface area contributed by atoms with E-state index in [4.69, 9.17) is 15.9 Å². The van der Waals surface area contributed by atoms with Crippen LogP contribution in [0.25, 0.3) is 0 Å². The fourth-order valence-corrected chi connectivity index (χ4v) is 4.04. The van der Waals surface area contributed by atoms with E-state index < -0.39 is 0 Å². The monoisotopic (exact) mass is 234 g/mol. The van der Waals surface area contributed by atoms with Crippen molar-refractivity contribution >= 4 is 0 Å². The lowest BCUT2D eigenvalue weighted by molar-refractivity contribution is -0.197. The number of hydrogen-bond acceptors (Lipinski definition) is 2. The molecule has 2 bridgehead atoms. The average Bonchev–Trinajstić information content (AvgIpc) is 2.88. The van der Waals surface area contributed by atoms with Gasteiger partial charge in [-0.2, -0.15) is 0 Å². The topological polar surface area (TPSA) is 18.5 Å². The maximum Gasteiger partial charge on any atom is 0.157 e. The van der Waals surface area contributed by atoms with Gasteiger partial charge in [-0.25, -0.2) is 0 Å². The summed E-state index contributed by atoms with van der Waals surface area (Å²) in [5.41, 5.74) is 0. The van der Waals surface area contributed by atoms with Crippen LogP contribution in [0.2, 0.25) is 0 Å². The van der Waals surface area contributed by atoms with Gasteiger partial charge in [0.25, 0.3) is 0 Å². The zero-order valence-corrected chi connectivity index (χ0v) is 10.4. The zero-order valence-electron chi connectivity index (χ0n) is 10.4. The van der Waals surface area contributed by atoms with Crippen LogP contribution in [0, 0.1) is 30.1 Å². The minimum absolute atomic E-state index is 0.0691. The van der Waals surface area contributed by atoms with Crippen molar-refractivity contribution in [2.75, 3.05) is 6.61 Å². The molecule has 3 rings (SSSR count). The molecular formula is C15H22O2. The van der Waals surface area contributed by atoms with E-state index in [0.717, 1.165) is 31.3 Å². The van der Waals surface area contributed by atoms with Crippen LogP contribution in [0.15, 0.2) is 0 Å². The first-order valence-electron chi connectivity index (χ1n) is 7.09. The summed E-state index contributed by atoms with van der Waals surface area (Å²) in [6.07, 6.45) is 14.3. The van der Waals surface area contributed by atoms with E-state index in [0.29, 0.717) is 12.0 Å². The van der Waals surface area contributed by atoms with Gasteiger partial charge in [0.15, 0.2) is 6.29 Å². The molecule has 2 aliphatic carbocycles. The summed E-state index contributed by atoms with van der Waals surface area (Å²) in [6, 6.07) is 0. The highest BCUT2D eigenvalue weighted by Crippen LogP contribution is 2.52. The lowest BCUT2D eigenvalue weighted by atomic mass is 9.94. The molecule has 1 unspecified atom stereocenters. The van der Waals surface area contributed by atoms with Crippen molar-refractivity contribution in [1.82, 2.24) is 0 Å². The summed E-state index contributed by atoms with van der Waals surface area (Å²) in [5.74, 6) is 5.11. The van der Waals surface area contributed by atoms with Crippen LogP contribution in [-0.4, -0.2) is 19.0 Å². The maximum absolute atomic E-state index is 6.17. The molecule has 2 nitrogen and oxygen atoms in total. The fourth-order valence-electron chi connectivity index (χ4n) is 4.04. The largest absolute Gasteiger partial charge is 0.353 e. The molecular weight excluding hydrogens is 212 g/mol. The summed E-state index contributed by atoms with van der Waals surface area (Å²) < 4.78 is 11.9. The molecule has 0 aromatic heterocycles. The summed E-state index contributed by atoms with van der Waals surface area (Å²) >= 11 is 0. The van der Waals surface area contributed by atoms with Gasteiger partial charge in [0.1, 0.15) is 0 Å². The smallest absolute Gasteiger partial charge is 0.157 e. The van der Waals surface area contributed by atoms with Crippen molar-refractivity contribution in [3.63, 3.8) is 0 Å². The van der Waals surface area contributed by atoms with Crippen molar-refractivity contribution in [3.05, 3.63) is 0 Å². The van der Waals surface area contributed by atoms with Crippen LogP contribution in [-0.2, 0) is 9.47 Å². The normalized spacial score (nSPS) is 44.8. The molecule has 0 amide bonds. The van der Waals surface area contributed by atoms with Crippen LogP contribution in [0.5, 0.6) is 0 Å². The second-order valence-electron chi connectivity index (χ2n) is 5.78. The molecule has 1 aliphatic heterocycles. The van der Waals surface area contributed by atoms with Crippen LogP contribution >= 0.6 is 0 Å². The van der Waals surface area contributed by atoms with Crippen molar-refractivity contribution in [2.24, 2.45) is 17.8 Å². The Morgan fingerprint density at radius 1 is 1.24 bits per heavy atom.